The second-order valence-electron chi connectivity index (χ2n) is 6.31. The first kappa shape index (κ1) is 15.7. The minimum atomic E-state index is 0.539. The van der Waals surface area contributed by atoms with E-state index in [-0.39, 0.29) is 0 Å². The molecule has 6 heteroatoms. The molecule has 0 spiro atoms. The number of ether oxygens (including phenoxy) is 1. The van der Waals surface area contributed by atoms with Gasteiger partial charge >= 0.3 is 0 Å². The third-order valence-corrected chi connectivity index (χ3v) is 4.42. The molecule has 0 unspecified atom stereocenters. The summed E-state index contributed by atoms with van der Waals surface area (Å²) in [6, 6.07) is 15.3. The van der Waals surface area contributed by atoms with E-state index in [4.69, 9.17) is 20.4 Å². The first-order chi connectivity index (χ1) is 12.2. The van der Waals surface area contributed by atoms with Gasteiger partial charge in [0.1, 0.15) is 5.75 Å². The number of anilines is 2. The van der Waals surface area contributed by atoms with Crippen molar-refractivity contribution in [3.8, 4) is 11.6 Å². The van der Waals surface area contributed by atoms with Crippen LogP contribution in [0.4, 0.5) is 11.6 Å². The standard InChI is InChI=1S/C19H21N5O/c1-23-9-11-24(12-10-23)19-21-17-8-7-14(20)13-16(17)18(22-19)25-15-5-3-2-4-6-15/h2-8,13H,9-12,20H2,1H3. The lowest BCUT2D eigenvalue weighted by Gasteiger charge is -2.32. The van der Waals surface area contributed by atoms with Crippen molar-refractivity contribution >= 4 is 22.5 Å². The number of piperazine rings is 1. The van der Waals surface area contributed by atoms with Crippen LogP contribution in [-0.4, -0.2) is 48.1 Å². The van der Waals surface area contributed by atoms with Gasteiger partial charge in [-0.2, -0.15) is 4.98 Å². The predicted octanol–water partition coefficient (Wildman–Crippen LogP) is 2.76. The molecule has 1 aliphatic heterocycles. The molecule has 4 rings (SSSR count). The highest BCUT2D eigenvalue weighted by molar-refractivity contribution is 5.87. The highest BCUT2D eigenvalue weighted by atomic mass is 16.5. The van der Waals surface area contributed by atoms with E-state index in [2.05, 4.69) is 16.8 Å². The molecule has 1 fully saturated rings. The van der Waals surface area contributed by atoms with E-state index in [9.17, 15) is 0 Å². The van der Waals surface area contributed by atoms with Gasteiger partial charge in [-0.15, -0.1) is 0 Å². The highest BCUT2D eigenvalue weighted by Crippen LogP contribution is 2.31. The van der Waals surface area contributed by atoms with Gasteiger partial charge in [0, 0.05) is 31.9 Å². The van der Waals surface area contributed by atoms with Crippen LogP contribution in [0.5, 0.6) is 11.6 Å². The van der Waals surface area contributed by atoms with E-state index in [1.165, 1.54) is 0 Å². The molecule has 6 nitrogen and oxygen atoms in total. The normalized spacial score (nSPS) is 15.5. The summed E-state index contributed by atoms with van der Waals surface area (Å²) in [6.07, 6.45) is 0. The summed E-state index contributed by atoms with van der Waals surface area (Å²) in [5.41, 5.74) is 7.46. The molecular weight excluding hydrogens is 314 g/mol. The summed E-state index contributed by atoms with van der Waals surface area (Å²) >= 11 is 0. The number of rotatable bonds is 3. The molecule has 2 N–H and O–H groups in total. The zero-order valence-corrected chi connectivity index (χ0v) is 14.2. The van der Waals surface area contributed by atoms with Crippen molar-refractivity contribution in [3.63, 3.8) is 0 Å². The first-order valence-corrected chi connectivity index (χ1v) is 8.43. The third kappa shape index (κ3) is 3.34. The number of likely N-dealkylation sites (N-methyl/N-ethyl adjacent to an activating group) is 1. The Labute approximate surface area is 146 Å². The van der Waals surface area contributed by atoms with Crippen molar-refractivity contribution in [3.05, 3.63) is 48.5 Å². The zero-order chi connectivity index (χ0) is 17.2. The molecule has 2 heterocycles. The fourth-order valence-electron chi connectivity index (χ4n) is 2.93. The Morgan fingerprint density at radius 3 is 2.48 bits per heavy atom. The fraction of sp³-hybridized carbons (Fsp3) is 0.263. The minimum Gasteiger partial charge on any atom is -0.438 e. The number of para-hydroxylation sites is 1. The van der Waals surface area contributed by atoms with Gasteiger partial charge in [0.25, 0.3) is 0 Å². The lowest BCUT2D eigenvalue weighted by atomic mass is 10.2. The van der Waals surface area contributed by atoms with Gasteiger partial charge in [0.05, 0.1) is 10.9 Å². The molecule has 25 heavy (non-hydrogen) atoms. The van der Waals surface area contributed by atoms with Gasteiger partial charge in [-0.1, -0.05) is 18.2 Å². The summed E-state index contributed by atoms with van der Waals surface area (Å²) < 4.78 is 6.06. The number of nitrogen functional groups attached to an aromatic ring is 1. The number of benzene rings is 2. The molecule has 0 atom stereocenters. The second-order valence-corrected chi connectivity index (χ2v) is 6.31. The quantitative estimate of drug-likeness (QED) is 0.742. The maximum Gasteiger partial charge on any atom is 0.232 e. The van der Waals surface area contributed by atoms with E-state index < -0.39 is 0 Å². The maximum atomic E-state index is 6.06. The van der Waals surface area contributed by atoms with Crippen molar-refractivity contribution in [1.82, 2.24) is 14.9 Å². The van der Waals surface area contributed by atoms with E-state index in [1.54, 1.807) is 0 Å². The number of nitrogens with zero attached hydrogens (tertiary/aromatic N) is 4. The Morgan fingerprint density at radius 2 is 1.72 bits per heavy atom. The summed E-state index contributed by atoms with van der Waals surface area (Å²) in [7, 11) is 2.13. The average Bonchev–Trinajstić information content (AvgIpc) is 2.63. The Bertz CT molecular complexity index is 876. The molecule has 0 aliphatic carbocycles. The van der Waals surface area contributed by atoms with Gasteiger partial charge in [0.2, 0.25) is 11.8 Å². The lowest BCUT2D eigenvalue weighted by molar-refractivity contribution is 0.311. The molecule has 1 aromatic heterocycles. The summed E-state index contributed by atoms with van der Waals surface area (Å²) in [4.78, 5) is 13.9. The molecule has 128 valence electrons. The molecule has 3 aromatic rings. The van der Waals surface area contributed by atoms with Gasteiger partial charge in [-0.05, 0) is 37.4 Å². The maximum absolute atomic E-state index is 6.06. The third-order valence-electron chi connectivity index (χ3n) is 4.42. The van der Waals surface area contributed by atoms with Gasteiger partial charge < -0.3 is 20.3 Å². The molecule has 1 saturated heterocycles. The Morgan fingerprint density at radius 1 is 0.960 bits per heavy atom. The van der Waals surface area contributed by atoms with Crippen LogP contribution in [-0.2, 0) is 0 Å². The first-order valence-electron chi connectivity index (χ1n) is 8.43. The molecule has 0 amide bonds. The predicted molar refractivity (Wildman–Crippen MR) is 100 cm³/mol. The molecule has 1 aliphatic rings. The van der Waals surface area contributed by atoms with Crippen molar-refractivity contribution < 1.29 is 4.74 Å². The molecule has 0 bridgehead atoms. The van der Waals surface area contributed by atoms with Crippen LogP contribution in [0.25, 0.3) is 10.9 Å². The number of fused-ring (bicyclic) bond motifs is 1. The molecule has 0 radical (unpaired) electrons. The van der Waals surface area contributed by atoms with Crippen LogP contribution in [0.2, 0.25) is 0 Å². The Balaban J connectivity index is 1.76. The van der Waals surface area contributed by atoms with E-state index in [0.29, 0.717) is 17.5 Å². The van der Waals surface area contributed by atoms with Gasteiger partial charge in [0.15, 0.2) is 0 Å². The second kappa shape index (κ2) is 6.57. The fourth-order valence-corrected chi connectivity index (χ4v) is 2.93. The lowest BCUT2D eigenvalue weighted by Crippen LogP contribution is -2.45. The largest absolute Gasteiger partial charge is 0.438 e. The van der Waals surface area contributed by atoms with E-state index >= 15 is 0 Å². The van der Waals surface area contributed by atoms with Gasteiger partial charge in [-0.25, -0.2) is 4.98 Å². The average molecular weight is 335 g/mol. The number of hydrogen-bond acceptors (Lipinski definition) is 6. The van der Waals surface area contributed by atoms with E-state index in [1.807, 2.05) is 48.5 Å². The van der Waals surface area contributed by atoms with Crippen molar-refractivity contribution in [2.45, 2.75) is 0 Å². The van der Waals surface area contributed by atoms with Crippen LogP contribution in [0.1, 0.15) is 0 Å². The van der Waals surface area contributed by atoms with Crippen LogP contribution < -0.4 is 15.4 Å². The topological polar surface area (TPSA) is 67.5 Å². The highest BCUT2D eigenvalue weighted by Gasteiger charge is 2.19. The van der Waals surface area contributed by atoms with Crippen LogP contribution in [0, 0.1) is 0 Å². The van der Waals surface area contributed by atoms with Crippen molar-refractivity contribution in [1.29, 1.82) is 0 Å². The van der Waals surface area contributed by atoms with Crippen LogP contribution in [0.3, 0.4) is 0 Å². The number of aromatic nitrogens is 2. The van der Waals surface area contributed by atoms with Gasteiger partial charge in [-0.3, -0.25) is 0 Å². The Hall–Kier alpha value is -2.86. The van der Waals surface area contributed by atoms with Crippen LogP contribution in [0.15, 0.2) is 48.5 Å². The minimum absolute atomic E-state index is 0.539. The number of nitrogens with two attached hydrogens (primary N) is 1. The summed E-state index contributed by atoms with van der Waals surface area (Å²) in [6.45, 7) is 3.81. The summed E-state index contributed by atoms with van der Waals surface area (Å²) in [5.74, 6) is 1.99. The molecule has 0 saturated carbocycles. The monoisotopic (exact) mass is 335 g/mol. The smallest absolute Gasteiger partial charge is 0.232 e. The summed E-state index contributed by atoms with van der Waals surface area (Å²) in [5, 5.41) is 0.821. The van der Waals surface area contributed by atoms with Crippen LogP contribution >= 0.6 is 0 Å². The van der Waals surface area contributed by atoms with Crippen molar-refractivity contribution in [2.75, 3.05) is 43.9 Å². The van der Waals surface area contributed by atoms with E-state index in [0.717, 1.165) is 42.8 Å². The SMILES string of the molecule is CN1CCN(c2nc(Oc3ccccc3)c3cc(N)ccc3n2)CC1. The zero-order valence-electron chi connectivity index (χ0n) is 14.2. The number of hydrogen-bond donors (Lipinski definition) is 1. The molecule has 2 aromatic carbocycles. The molecular formula is C19H21N5O. The Kier molecular flexibility index (Phi) is 4.11. The van der Waals surface area contributed by atoms with Crippen molar-refractivity contribution in [2.24, 2.45) is 0 Å².